The van der Waals surface area contributed by atoms with E-state index in [0.717, 1.165) is 11.3 Å². The number of hydrogen-bond acceptors (Lipinski definition) is 2. The number of halogens is 2. The molecule has 1 amide bonds. The van der Waals surface area contributed by atoms with Crippen LogP contribution in [0.4, 0.5) is 10.1 Å². The number of rotatable bonds is 3. The van der Waals surface area contributed by atoms with Crippen molar-refractivity contribution in [3.05, 3.63) is 64.4 Å². The molecule has 3 rings (SSSR count). The van der Waals surface area contributed by atoms with Crippen LogP contribution in [0.1, 0.15) is 18.1 Å². The molecule has 24 heavy (non-hydrogen) atoms. The van der Waals surface area contributed by atoms with E-state index >= 15 is 0 Å². The first kappa shape index (κ1) is 16.9. The average Bonchev–Trinajstić information content (AvgIpc) is 2.57. The van der Waals surface area contributed by atoms with Gasteiger partial charge in [-0.2, -0.15) is 0 Å². The highest BCUT2D eigenvalue weighted by Crippen LogP contribution is 2.26. The van der Waals surface area contributed by atoms with Crippen LogP contribution in [0.5, 0.6) is 0 Å². The molecule has 0 radical (unpaired) electrons. The van der Waals surface area contributed by atoms with E-state index in [9.17, 15) is 9.18 Å². The van der Waals surface area contributed by atoms with Crippen molar-refractivity contribution in [2.75, 3.05) is 18.0 Å². The molecule has 1 unspecified atom stereocenters. The van der Waals surface area contributed by atoms with Crippen LogP contribution in [-0.4, -0.2) is 29.9 Å². The molecule has 0 spiro atoms. The minimum atomic E-state index is -0.307. The Kier molecular flexibility index (Phi) is 4.88. The van der Waals surface area contributed by atoms with Crippen LogP contribution in [0, 0.1) is 12.7 Å². The summed E-state index contributed by atoms with van der Waals surface area (Å²) in [5, 5.41) is 0.654. The Labute approximate surface area is 146 Å². The highest BCUT2D eigenvalue weighted by Gasteiger charge is 2.32. The van der Waals surface area contributed by atoms with Gasteiger partial charge in [0.1, 0.15) is 5.82 Å². The van der Waals surface area contributed by atoms with Gasteiger partial charge in [0.05, 0.1) is 6.04 Å². The molecule has 0 aromatic heterocycles. The van der Waals surface area contributed by atoms with Gasteiger partial charge in [0.15, 0.2) is 0 Å². The summed E-state index contributed by atoms with van der Waals surface area (Å²) in [6, 6.07) is 12.1. The van der Waals surface area contributed by atoms with Gasteiger partial charge in [-0.1, -0.05) is 35.9 Å². The summed E-state index contributed by atoms with van der Waals surface area (Å²) in [4.78, 5) is 16.5. The first-order valence-electron chi connectivity index (χ1n) is 8.02. The Balaban J connectivity index is 1.76. The van der Waals surface area contributed by atoms with Crippen molar-refractivity contribution in [2.45, 2.75) is 26.4 Å². The summed E-state index contributed by atoms with van der Waals surface area (Å²) in [5.74, 6) is -0.220. The molecular formula is C19H20ClFN2O. The molecular weight excluding hydrogens is 327 g/mol. The monoisotopic (exact) mass is 346 g/mol. The predicted octanol–water partition coefficient (Wildman–Crippen LogP) is 4.02. The first-order chi connectivity index (χ1) is 11.5. The van der Waals surface area contributed by atoms with Gasteiger partial charge in [-0.15, -0.1) is 0 Å². The Bertz CT molecular complexity index is 765. The van der Waals surface area contributed by atoms with E-state index in [1.165, 1.54) is 6.07 Å². The van der Waals surface area contributed by atoms with Crippen molar-refractivity contribution in [1.82, 2.24) is 4.90 Å². The first-order valence-corrected chi connectivity index (χ1v) is 8.40. The van der Waals surface area contributed by atoms with Gasteiger partial charge in [-0.3, -0.25) is 9.69 Å². The fraction of sp³-hybridized carbons (Fsp3) is 0.316. The molecule has 1 saturated heterocycles. The highest BCUT2D eigenvalue weighted by atomic mass is 35.5. The minimum absolute atomic E-state index is 0.0116. The van der Waals surface area contributed by atoms with Crippen LogP contribution in [-0.2, 0) is 11.3 Å². The molecule has 2 aromatic rings. The average molecular weight is 347 g/mol. The SMILES string of the molecule is Cc1ccc(N2CCN(Cc3ccccc3F)C(C)C2=O)cc1Cl. The summed E-state index contributed by atoms with van der Waals surface area (Å²) < 4.78 is 13.9. The second-order valence-corrected chi connectivity index (χ2v) is 6.57. The van der Waals surface area contributed by atoms with Gasteiger partial charge in [-0.05, 0) is 37.6 Å². The minimum Gasteiger partial charge on any atom is -0.310 e. The lowest BCUT2D eigenvalue weighted by atomic mass is 10.1. The molecule has 1 aliphatic heterocycles. The van der Waals surface area contributed by atoms with E-state index in [4.69, 9.17) is 11.6 Å². The van der Waals surface area contributed by atoms with Crippen LogP contribution < -0.4 is 4.90 Å². The van der Waals surface area contributed by atoms with Crippen LogP contribution in [0.2, 0.25) is 5.02 Å². The number of anilines is 1. The normalized spacial score (nSPS) is 18.9. The number of carbonyl (C=O) groups is 1. The topological polar surface area (TPSA) is 23.6 Å². The van der Waals surface area contributed by atoms with Crippen molar-refractivity contribution in [2.24, 2.45) is 0 Å². The van der Waals surface area contributed by atoms with E-state index in [-0.39, 0.29) is 17.8 Å². The largest absolute Gasteiger partial charge is 0.310 e. The van der Waals surface area contributed by atoms with Crippen molar-refractivity contribution in [3.8, 4) is 0 Å². The van der Waals surface area contributed by atoms with Gasteiger partial charge < -0.3 is 4.90 Å². The van der Waals surface area contributed by atoms with E-state index < -0.39 is 0 Å². The fourth-order valence-electron chi connectivity index (χ4n) is 2.98. The highest BCUT2D eigenvalue weighted by molar-refractivity contribution is 6.31. The van der Waals surface area contributed by atoms with Crippen molar-refractivity contribution < 1.29 is 9.18 Å². The molecule has 2 aromatic carbocycles. The number of carbonyl (C=O) groups excluding carboxylic acids is 1. The number of aryl methyl sites for hydroxylation is 1. The third kappa shape index (κ3) is 3.30. The second kappa shape index (κ2) is 6.91. The van der Waals surface area contributed by atoms with E-state index in [2.05, 4.69) is 0 Å². The Morgan fingerprint density at radius 2 is 1.96 bits per heavy atom. The maximum atomic E-state index is 13.9. The maximum absolute atomic E-state index is 13.9. The van der Waals surface area contributed by atoms with Gasteiger partial charge in [0.2, 0.25) is 5.91 Å². The smallest absolute Gasteiger partial charge is 0.244 e. The number of amides is 1. The summed E-state index contributed by atoms with van der Waals surface area (Å²) in [6.07, 6.45) is 0. The van der Waals surface area contributed by atoms with Crippen molar-refractivity contribution in [1.29, 1.82) is 0 Å². The molecule has 3 nitrogen and oxygen atoms in total. The maximum Gasteiger partial charge on any atom is 0.244 e. The van der Waals surface area contributed by atoms with Gasteiger partial charge in [0, 0.05) is 35.9 Å². The van der Waals surface area contributed by atoms with Crippen LogP contribution in [0.15, 0.2) is 42.5 Å². The molecule has 1 atom stereocenters. The lowest BCUT2D eigenvalue weighted by molar-refractivity contribution is -0.125. The molecule has 0 N–H and O–H groups in total. The molecule has 1 fully saturated rings. The van der Waals surface area contributed by atoms with E-state index in [0.29, 0.717) is 30.2 Å². The van der Waals surface area contributed by atoms with Gasteiger partial charge in [0.25, 0.3) is 0 Å². The number of nitrogens with zero attached hydrogens (tertiary/aromatic N) is 2. The number of piperazine rings is 1. The molecule has 0 bridgehead atoms. The number of benzene rings is 2. The van der Waals surface area contributed by atoms with Gasteiger partial charge >= 0.3 is 0 Å². The van der Waals surface area contributed by atoms with E-state index in [1.807, 2.05) is 43.0 Å². The van der Waals surface area contributed by atoms with Gasteiger partial charge in [-0.25, -0.2) is 4.39 Å². The lowest BCUT2D eigenvalue weighted by Gasteiger charge is -2.39. The predicted molar refractivity (Wildman–Crippen MR) is 94.8 cm³/mol. The molecule has 126 valence electrons. The zero-order valence-electron chi connectivity index (χ0n) is 13.8. The Hall–Kier alpha value is -1.91. The second-order valence-electron chi connectivity index (χ2n) is 6.16. The molecule has 0 saturated carbocycles. The lowest BCUT2D eigenvalue weighted by Crippen LogP contribution is -2.55. The third-order valence-electron chi connectivity index (χ3n) is 4.58. The quantitative estimate of drug-likeness (QED) is 0.838. The van der Waals surface area contributed by atoms with Crippen molar-refractivity contribution >= 4 is 23.2 Å². The van der Waals surface area contributed by atoms with E-state index in [1.54, 1.807) is 17.0 Å². The molecule has 1 aliphatic rings. The molecule has 5 heteroatoms. The summed E-state index contributed by atoms with van der Waals surface area (Å²) in [6.45, 7) is 5.49. The zero-order valence-corrected chi connectivity index (χ0v) is 14.6. The zero-order chi connectivity index (χ0) is 17.3. The Morgan fingerprint density at radius 3 is 2.67 bits per heavy atom. The van der Waals surface area contributed by atoms with Crippen molar-refractivity contribution in [3.63, 3.8) is 0 Å². The standard InChI is InChI=1S/C19H20ClFN2O/c1-13-7-8-16(11-17(13)20)23-10-9-22(14(2)19(23)24)12-15-5-3-4-6-18(15)21/h3-8,11,14H,9-10,12H2,1-2H3. The Morgan fingerprint density at radius 1 is 1.21 bits per heavy atom. The van der Waals surface area contributed by atoms with Crippen LogP contribution >= 0.6 is 11.6 Å². The summed E-state index contributed by atoms with van der Waals surface area (Å²) in [7, 11) is 0. The third-order valence-corrected chi connectivity index (χ3v) is 4.99. The summed E-state index contributed by atoms with van der Waals surface area (Å²) in [5.41, 5.74) is 2.41. The fourth-order valence-corrected chi connectivity index (χ4v) is 3.16. The molecule has 1 heterocycles. The number of hydrogen-bond donors (Lipinski definition) is 0. The molecule has 0 aliphatic carbocycles. The van der Waals surface area contributed by atoms with Crippen LogP contribution in [0.3, 0.4) is 0 Å². The summed E-state index contributed by atoms with van der Waals surface area (Å²) >= 11 is 6.18. The van der Waals surface area contributed by atoms with Crippen LogP contribution in [0.25, 0.3) is 0 Å².